The smallest absolute Gasteiger partial charge is 0.295 e. The van der Waals surface area contributed by atoms with Crippen molar-refractivity contribution in [1.82, 2.24) is 4.90 Å². The van der Waals surface area contributed by atoms with E-state index in [1.807, 2.05) is 0 Å². The third kappa shape index (κ3) is 9.41. The van der Waals surface area contributed by atoms with Gasteiger partial charge in [-0.1, -0.05) is 52.9 Å². The standard InChI is InChI=1S/C17H32N2O4/c1-17(2,3)11-7-5-4-6-8-15-9-12-18(13-10-15)16(20)14-23-19(21)22/h15H,4-14H2,1-3H3. The molecule has 0 aromatic heterocycles. The van der Waals surface area contributed by atoms with E-state index in [0.717, 1.165) is 12.8 Å². The predicted molar refractivity (Wildman–Crippen MR) is 89.4 cm³/mol. The average Bonchev–Trinajstić information content (AvgIpc) is 2.48. The van der Waals surface area contributed by atoms with E-state index < -0.39 is 11.7 Å². The van der Waals surface area contributed by atoms with Crippen LogP contribution in [-0.2, 0) is 9.63 Å². The summed E-state index contributed by atoms with van der Waals surface area (Å²) in [5.74, 6) is 0.417. The lowest BCUT2D eigenvalue weighted by molar-refractivity contribution is -0.754. The van der Waals surface area contributed by atoms with Gasteiger partial charge in [-0.25, -0.2) is 0 Å². The minimum absolute atomic E-state index is 0.276. The van der Waals surface area contributed by atoms with E-state index in [2.05, 4.69) is 25.6 Å². The molecule has 1 amide bonds. The SMILES string of the molecule is CC(C)(C)CCCCCCC1CCN(C(=O)CO[N+](=O)[O-])CC1. The van der Waals surface area contributed by atoms with Crippen molar-refractivity contribution in [3.63, 3.8) is 0 Å². The summed E-state index contributed by atoms with van der Waals surface area (Å²) in [7, 11) is 0. The van der Waals surface area contributed by atoms with Crippen molar-refractivity contribution in [1.29, 1.82) is 0 Å². The first-order valence-corrected chi connectivity index (χ1v) is 8.83. The fraction of sp³-hybridized carbons (Fsp3) is 0.941. The van der Waals surface area contributed by atoms with E-state index in [0.29, 0.717) is 24.4 Å². The fourth-order valence-electron chi connectivity index (χ4n) is 3.11. The number of unbranched alkanes of at least 4 members (excludes halogenated alkanes) is 3. The van der Waals surface area contributed by atoms with E-state index in [-0.39, 0.29) is 5.91 Å². The van der Waals surface area contributed by atoms with Crippen LogP contribution in [0.4, 0.5) is 0 Å². The quantitative estimate of drug-likeness (QED) is 0.366. The molecule has 0 spiro atoms. The zero-order valence-electron chi connectivity index (χ0n) is 14.9. The normalized spacial score (nSPS) is 16.4. The van der Waals surface area contributed by atoms with Gasteiger partial charge in [0.25, 0.3) is 5.09 Å². The Morgan fingerprint density at radius 1 is 1.17 bits per heavy atom. The maximum atomic E-state index is 11.7. The van der Waals surface area contributed by atoms with E-state index in [1.54, 1.807) is 4.90 Å². The molecule has 0 unspecified atom stereocenters. The van der Waals surface area contributed by atoms with E-state index >= 15 is 0 Å². The van der Waals surface area contributed by atoms with Gasteiger partial charge in [-0.3, -0.25) is 4.79 Å². The molecule has 134 valence electrons. The van der Waals surface area contributed by atoms with Crippen LogP contribution in [0.25, 0.3) is 0 Å². The van der Waals surface area contributed by atoms with Gasteiger partial charge < -0.3 is 9.74 Å². The Kier molecular flexibility index (Phi) is 8.34. The summed E-state index contributed by atoms with van der Waals surface area (Å²) in [4.78, 5) is 27.6. The first-order valence-electron chi connectivity index (χ1n) is 8.83. The molecule has 1 fully saturated rings. The second kappa shape index (κ2) is 9.73. The molecule has 0 aromatic rings. The summed E-state index contributed by atoms with van der Waals surface area (Å²) in [5, 5.41) is 9.19. The zero-order chi connectivity index (χ0) is 17.3. The Labute approximate surface area is 139 Å². The van der Waals surface area contributed by atoms with Gasteiger partial charge in [0.15, 0.2) is 6.61 Å². The number of rotatable bonds is 9. The van der Waals surface area contributed by atoms with Gasteiger partial charge in [-0.2, -0.15) is 0 Å². The number of nitrogens with zero attached hydrogens (tertiary/aromatic N) is 2. The summed E-state index contributed by atoms with van der Waals surface area (Å²) in [6.07, 6.45) is 9.74. The fourth-order valence-corrected chi connectivity index (χ4v) is 3.11. The maximum absolute atomic E-state index is 11.7. The topological polar surface area (TPSA) is 72.7 Å². The second-order valence-electron chi connectivity index (χ2n) is 7.83. The Morgan fingerprint density at radius 3 is 2.35 bits per heavy atom. The van der Waals surface area contributed by atoms with Gasteiger partial charge in [0.05, 0.1) is 0 Å². The minimum atomic E-state index is -0.912. The summed E-state index contributed by atoms with van der Waals surface area (Å²) >= 11 is 0. The molecule has 1 aliphatic heterocycles. The van der Waals surface area contributed by atoms with Crippen molar-refractivity contribution in [3.8, 4) is 0 Å². The van der Waals surface area contributed by atoms with Crippen LogP contribution in [0.15, 0.2) is 0 Å². The number of carbonyl (C=O) groups excluding carboxylic acids is 1. The van der Waals surface area contributed by atoms with E-state index in [9.17, 15) is 14.9 Å². The lowest BCUT2D eigenvalue weighted by Gasteiger charge is -2.31. The first kappa shape index (κ1) is 19.7. The van der Waals surface area contributed by atoms with Crippen LogP contribution in [0, 0.1) is 21.4 Å². The van der Waals surface area contributed by atoms with Gasteiger partial charge in [0.1, 0.15) is 0 Å². The highest BCUT2D eigenvalue weighted by Gasteiger charge is 2.23. The maximum Gasteiger partial charge on any atom is 0.295 e. The molecule has 0 atom stereocenters. The van der Waals surface area contributed by atoms with Gasteiger partial charge in [0, 0.05) is 13.1 Å². The number of likely N-dealkylation sites (tertiary alicyclic amines) is 1. The number of amides is 1. The minimum Gasteiger partial charge on any atom is -0.341 e. The number of piperidine rings is 1. The first-order chi connectivity index (χ1) is 10.8. The van der Waals surface area contributed by atoms with Gasteiger partial charge >= 0.3 is 0 Å². The van der Waals surface area contributed by atoms with Gasteiger partial charge in [-0.05, 0) is 30.6 Å². The third-order valence-corrected chi connectivity index (χ3v) is 4.55. The molecule has 0 saturated carbocycles. The monoisotopic (exact) mass is 328 g/mol. The Bertz CT molecular complexity index is 371. The highest BCUT2D eigenvalue weighted by molar-refractivity contribution is 5.77. The number of hydrogen-bond donors (Lipinski definition) is 0. The van der Waals surface area contributed by atoms with Crippen molar-refractivity contribution < 1.29 is 14.7 Å². The zero-order valence-corrected chi connectivity index (χ0v) is 14.9. The average molecular weight is 328 g/mol. The summed E-state index contributed by atoms with van der Waals surface area (Å²) < 4.78 is 0. The van der Waals surface area contributed by atoms with Crippen LogP contribution in [0.2, 0.25) is 0 Å². The van der Waals surface area contributed by atoms with Crippen LogP contribution in [-0.4, -0.2) is 35.6 Å². The van der Waals surface area contributed by atoms with Crippen molar-refractivity contribution in [2.24, 2.45) is 11.3 Å². The van der Waals surface area contributed by atoms with Crippen LogP contribution in [0.5, 0.6) is 0 Å². The van der Waals surface area contributed by atoms with Gasteiger partial charge in [0.2, 0.25) is 5.91 Å². The van der Waals surface area contributed by atoms with Crippen molar-refractivity contribution in [2.45, 2.75) is 72.1 Å². The molecule has 1 rings (SSSR count). The molecule has 6 nitrogen and oxygen atoms in total. The molecule has 0 radical (unpaired) electrons. The van der Waals surface area contributed by atoms with Gasteiger partial charge in [-0.15, -0.1) is 10.1 Å². The second-order valence-corrected chi connectivity index (χ2v) is 7.83. The summed E-state index contributed by atoms with van der Waals surface area (Å²) in [6.45, 7) is 7.82. The lowest BCUT2D eigenvalue weighted by atomic mass is 9.88. The predicted octanol–water partition coefficient (Wildman–Crippen LogP) is 3.82. The Hall–Kier alpha value is -1.33. The molecular formula is C17H32N2O4. The molecule has 1 saturated heterocycles. The number of hydrogen-bond acceptors (Lipinski definition) is 4. The highest BCUT2D eigenvalue weighted by Crippen LogP contribution is 2.25. The molecule has 0 aromatic carbocycles. The van der Waals surface area contributed by atoms with Crippen LogP contribution in [0.3, 0.4) is 0 Å². The molecule has 23 heavy (non-hydrogen) atoms. The third-order valence-electron chi connectivity index (χ3n) is 4.55. The Morgan fingerprint density at radius 2 is 1.78 bits per heavy atom. The number of carbonyl (C=O) groups is 1. The molecular weight excluding hydrogens is 296 g/mol. The van der Waals surface area contributed by atoms with Crippen molar-refractivity contribution in [3.05, 3.63) is 10.1 Å². The molecule has 1 aliphatic rings. The largest absolute Gasteiger partial charge is 0.341 e. The molecule has 0 bridgehead atoms. The Balaban J connectivity index is 2.05. The molecule has 6 heteroatoms. The molecule has 1 heterocycles. The summed E-state index contributed by atoms with van der Waals surface area (Å²) in [5.41, 5.74) is 0.443. The molecule has 0 N–H and O–H groups in total. The van der Waals surface area contributed by atoms with Crippen molar-refractivity contribution >= 4 is 5.91 Å². The van der Waals surface area contributed by atoms with Crippen LogP contribution < -0.4 is 0 Å². The lowest BCUT2D eigenvalue weighted by Crippen LogP contribution is -2.40. The summed E-state index contributed by atoms with van der Waals surface area (Å²) in [6, 6.07) is 0. The highest BCUT2D eigenvalue weighted by atomic mass is 16.9. The van der Waals surface area contributed by atoms with E-state index in [1.165, 1.54) is 38.5 Å². The van der Waals surface area contributed by atoms with E-state index in [4.69, 9.17) is 0 Å². The van der Waals surface area contributed by atoms with Crippen molar-refractivity contribution in [2.75, 3.05) is 19.7 Å². The van der Waals surface area contributed by atoms with Crippen LogP contribution >= 0.6 is 0 Å². The van der Waals surface area contributed by atoms with Crippen LogP contribution in [0.1, 0.15) is 72.1 Å². The molecule has 0 aliphatic carbocycles.